The first kappa shape index (κ1) is 22.6. The van der Waals surface area contributed by atoms with Crippen LogP contribution in [0.4, 0.5) is 5.69 Å². The average molecular weight is 474 g/mol. The zero-order valence-corrected chi connectivity index (χ0v) is 18.8. The molecule has 0 fully saturated rings. The summed E-state index contributed by atoms with van der Waals surface area (Å²) in [6.07, 6.45) is 3.61. The molecule has 8 heteroatoms. The number of carbonyl (C=O) groups excluding carboxylic acids is 1. The highest BCUT2D eigenvalue weighted by atomic mass is 16.6. The van der Waals surface area contributed by atoms with Gasteiger partial charge in [-0.15, -0.1) is 0 Å². The summed E-state index contributed by atoms with van der Waals surface area (Å²) in [5.74, 6) is -1.42. The normalized spacial score (nSPS) is 14.5. The number of esters is 1. The van der Waals surface area contributed by atoms with Crippen LogP contribution in [0.1, 0.15) is 63.1 Å². The largest absolute Gasteiger partial charge is 0.508 e. The van der Waals surface area contributed by atoms with Crippen LogP contribution < -0.4 is 10.1 Å². The van der Waals surface area contributed by atoms with Crippen molar-refractivity contribution in [1.82, 2.24) is 0 Å². The number of benzene rings is 3. The van der Waals surface area contributed by atoms with E-state index in [1.807, 2.05) is 0 Å². The third kappa shape index (κ3) is 3.62. The Morgan fingerprint density at radius 2 is 1.57 bits per heavy atom. The molecule has 0 amide bonds. The maximum atomic E-state index is 13.4. The molecule has 0 aliphatic carbocycles. The van der Waals surface area contributed by atoms with Gasteiger partial charge in [-0.1, -0.05) is 26.2 Å². The van der Waals surface area contributed by atoms with Crippen LogP contribution in [-0.2, 0) is 10.3 Å². The zero-order chi connectivity index (χ0) is 24.7. The minimum Gasteiger partial charge on any atom is -0.508 e. The zero-order valence-electron chi connectivity index (χ0n) is 18.8. The summed E-state index contributed by atoms with van der Waals surface area (Å²) in [6.45, 7) is 4.39. The molecule has 1 spiro atoms. The second-order valence-corrected chi connectivity index (χ2v) is 8.63. The van der Waals surface area contributed by atoms with Gasteiger partial charge < -0.3 is 30.1 Å². The minimum absolute atomic E-state index is 0.00571. The van der Waals surface area contributed by atoms with Crippen molar-refractivity contribution in [2.45, 2.75) is 31.3 Å². The van der Waals surface area contributed by atoms with E-state index in [-0.39, 0.29) is 34.1 Å². The van der Waals surface area contributed by atoms with Crippen molar-refractivity contribution in [2.24, 2.45) is 0 Å². The van der Waals surface area contributed by atoms with Crippen molar-refractivity contribution in [3.63, 3.8) is 0 Å². The molecule has 1 radical (unpaired) electrons. The van der Waals surface area contributed by atoms with Gasteiger partial charge in [-0.25, -0.2) is 9.59 Å². The number of nitrogens with one attached hydrogen (secondary N) is 1. The number of carboxylic acid groups (broad SMARTS) is 1. The van der Waals surface area contributed by atoms with Gasteiger partial charge in [-0.3, -0.25) is 0 Å². The van der Waals surface area contributed by atoms with E-state index in [1.54, 1.807) is 12.1 Å². The highest BCUT2D eigenvalue weighted by molar-refractivity contribution is 6.04. The molecule has 0 bridgehead atoms. The summed E-state index contributed by atoms with van der Waals surface area (Å²) in [5, 5.41) is 33.2. The minimum atomic E-state index is -1.52. The summed E-state index contributed by atoms with van der Waals surface area (Å²) < 4.78 is 12.0. The number of rotatable bonds is 7. The number of hydrogen-bond donors (Lipinski definition) is 4. The molecule has 0 aromatic heterocycles. The van der Waals surface area contributed by atoms with Crippen molar-refractivity contribution in [2.75, 3.05) is 11.9 Å². The maximum Gasteiger partial charge on any atom is 0.342 e. The summed E-state index contributed by atoms with van der Waals surface area (Å²) in [4.78, 5) is 25.4. The highest BCUT2D eigenvalue weighted by Crippen LogP contribution is 2.58. The van der Waals surface area contributed by atoms with Crippen LogP contribution in [-0.4, -0.2) is 33.8 Å². The molecule has 179 valence electrons. The molecule has 0 saturated carbocycles. The Morgan fingerprint density at radius 3 is 2.17 bits per heavy atom. The summed E-state index contributed by atoms with van der Waals surface area (Å²) in [7, 11) is 0. The fourth-order valence-corrected chi connectivity index (χ4v) is 4.79. The molecule has 2 aliphatic rings. The Labute approximate surface area is 201 Å². The van der Waals surface area contributed by atoms with Gasteiger partial charge in [-0.2, -0.15) is 0 Å². The Morgan fingerprint density at radius 1 is 0.914 bits per heavy atom. The third-order valence-electron chi connectivity index (χ3n) is 6.37. The van der Waals surface area contributed by atoms with E-state index in [4.69, 9.17) is 9.47 Å². The number of ether oxygens (including phenoxy) is 2. The SMILES string of the molecule is [CH2]CCCCCNc1cc(C(=O)O)cc2c1C(=O)OC21c2ccc(O)cc2Oc2cc(O)ccc21. The second kappa shape index (κ2) is 8.54. The highest BCUT2D eigenvalue weighted by Gasteiger charge is 2.54. The molecular weight excluding hydrogens is 450 g/mol. The monoisotopic (exact) mass is 474 g/mol. The van der Waals surface area contributed by atoms with E-state index in [0.29, 0.717) is 28.9 Å². The molecule has 4 N–H and O–H groups in total. The summed E-state index contributed by atoms with van der Waals surface area (Å²) in [6, 6.07) is 11.7. The Bertz CT molecular complexity index is 1300. The number of aromatic hydroxyl groups is 2. The van der Waals surface area contributed by atoms with Crippen molar-refractivity contribution in [3.8, 4) is 23.0 Å². The molecule has 0 saturated heterocycles. The third-order valence-corrected chi connectivity index (χ3v) is 6.37. The van der Waals surface area contributed by atoms with Gasteiger partial charge in [0.25, 0.3) is 0 Å². The van der Waals surface area contributed by atoms with Gasteiger partial charge in [0, 0.05) is 35.4 Å². The standard InChI is InChI=1S/C27H24NO7/c1-2-3-4-5-10-28-21-12-15(25(31)32)11-20-24(21)26(33)35-27(20)18-8-6-16(29)13-22(18)34-23-14-17(30)7-9-19(23)27/h6-9,11-14,28-30H,1-5,10H2,(H,31,32). The molecular formula is C27H24NO7. The predicted octanol–water partition coefficient (Wildman–Crippen LogP) is 5.17. The molecule has 5 rings (SSSR count). The average Bonchev–Trinajstić information content (AvgIpc) is 3.11. The quantitative estimate of drug-likeness (QED) is 0.273. The van der Waals surface area contributed by atoms with Crippen LogP contribution >= 0.6 is 0 Å². The fourth-order valence-electron chi connectivity index (χ4n) is 4.79. The van der Waals surface area contributed by atoms with Crippen molar-refractivity contribution in [3.05, 3.63) is 83.3 Å². The van der Waals surface area contributed by atoms with E-state index in [9.17, 15) is 24.9 Å². The number of fused-ring (bicyclic) bond motifs is 6. The van der Waals surface area contributed by atoms with Gasteiger partial charge in [-0.05, 0) is 42.8 Å². The number of carboxylic acids is 1. The van der Waals surface area contributed by atoms with E-state index in [1.165, 1.54) is 36.4 Å². The van der Waals surface area contributed by atoms with Gasteiger partial charge in [0.05, 0.1) is 16.8 Å². The number of phenols is 2. The Kier molecular flexibility index (Phi) is 5.51. The van der Waals surface area contributed by atoms with Gasteiger partial charge in [0.15, 0.2) is 5.60 Å². The molecule has 0 unspecified atom stereocenters. The maximum absolute atomic E-state index is 13.4. The molecule has 3 aromatic rings. The van der Waals surface area contributed by atoms with Crippen LogP contribution in [0.15, 0.2) is 48.5 Å². The smallest absolute Gasteiger partial charge is 0.342 e. The molecule has 35 heavy (non-hydrogen) atoms. The van der Waals surface area contributed by atoms with Gasteiger partial charge in [0.2, 0.25) is 0 Å². The number of anilines is 1. The van der Waals surface area contributed by atoms with Crippen molar-refractivity contribution >= 4 is 17.6 Å². The molecule has 3 aromatic carbocycles. The van der Waals surface area contributed by atoms with Crippen LogP contribution in [0.25, 0.3) is 0 Å². The first-order valence-corrected chi connectivity index (χ1v) is 11.4. The Hall–Kier alpha value is -4.20. The molecule has 8 nitrogen and oxygen atoms in total. The second-order valence-electron chi connectivity index (χ2n) is 8.63. The van der Waals surface area contributed by atoms with E-state index < -0.39 is 17.5 Å². The number of carbonyl (C=O) groups is 2. The van der Waals surface area contributed by atoms with E-state index >= 15 is 0 Å². The van der Waals surface area contributed by atoms with Crippen LogP contribution in [0.2, 0.25) is 0 Å². The van der Waals surface area contributed by atoms with Gasteiger partial charge >= 0.3 is 11.9 Å². The lowest BCUT2D eigenvalue weighted by molar-refractivity contribution is 0.0224. The molecule has 2 aliphatic heterocycles. The summed E-state index contributed by atoms with van der Waals surface area (Å²) in [5.41, 5.74) is 0.315. The molecule has 0 atom stereocenters. The number of hydrogen-bond acceptors (Lipinski definition) is 7. The Balaban J connectivity index is 1.73. The first-order valence-electron chi connectivity index (χ1n) is 11.4. The van der Waals surface area contributed by atoms with Gasteiger partial charge in [0.1, 0.15) is 23.0 Å². The number of unbranched alkanes of at least 4 members (excludes halogenated alkanes) is 3. The fraction of sp³-hybridized carbons (Fsp3) is 0.222. The van der Waals surface area contributed by atoms with Crippen molar-refractivity contribution < 1.29 is 34.4 Å². The van der Waals surface area contributed by atoms with Crippen LogP contribution in [0, 0.1) is 6.92 Å². The topological polar surface area (TPSA) is 125 Å². The number of aromatic carboxylic acids is 1. The van der Waals surface area contributed by atoms with E-state index in [2.05, 4.69) is 12.2 Å². The lowest BCUT2D eigenvalue weighted by Gasteiger charge is -2.36. The van der Waals surface area contributed by atoms with Crippen molar-refractivity contribution in [1.29, 1.82) is 0 Å². The van der Waals surface area contributed by atoms with Crippen LogP contribution in [0.5, 0.6) is 23.0 Å². The van der Waals surface area contributed by atoms with E-state index in [0.717, 1.165) is 25.7 Å². The predicted molar refractivity (Wildman–Crippen MR) is 127 cm³/mol. The lowest BCUT2D eigenvalue weighted by atomic mass is 9.77. The molecule has 2 heterocycles. The lowest BCUT2D eigenvalue weighted by Crippen LogP contribution is -2.33. The first-order chi connectivity index (χ1) is 16.8. The number of phenolic OH excluding ortho intramolecular Hbond substituents is 2. The van der Waals surface area contributed by atoms with Crippen LogP contribution in [0.3, 0.4) is 0 Å². The summed E-state index contributed by atoms with van der Waals surface area (Å²) >= 11 is 0.